The number of benzene rings is 1. The summed E-state index contributed by atoms with van der Waals surface area (Å²) in [5, 5.41) is 11.5. The number of fused-ring (bicyclic) bond motifs is 1. The fraction of sp³-hybridized carbons (Fsp3) is 0.148. The van der Waals surface area contributed by atoms with E-state index in [1.54, 1.807) is 35.0 Å². The number of amides is 1. The van der Waals surface area contributed by atoms with E-state index in [9.17, 15) is 4.79 Å². The van der Waals surface area contributed by atoms with Gasteiger partial charge in [-0.05, 0) is 47.1 Å². The smallest absolute Gasteiger partial charge is 0.267 e. The molecule has 3 aromatic rings. The fourth-order valence-corrected chi connectivity index (χ4v) is 4.57. The van der Waals surface area contributed by atoms with Crippen molar-refractivity contribution in [3.8, 4) is 18.2 Å². The summed E-state index contributed by atoms with van der Waals surface area (Å²) in [4.78, 5) is 18.9. The summed E-state index contributed by atoms with van der Waals surface area (Å²) in [6.07, 6.45) is 9.29. The molecule has 0 saturated heterocycles. The van der Waals surface area contributed by atoms with Crippen molar-refractivity contribution in [2.45, 2.75) is 13.0 Å². The molecule has 1 aliphatic rings. The number of nitrogens with one attached hydrogen (secondary N) is 1. The number of pyridine rings is 1. The minimum Gasteiger partial charge on any atom is -0.472 e. The van der Waals surface area contributed by atoms with Crippen LogP contribution in [-0.2, 0) is 4.79 Å². The van der Waals surface area contributed by atoms with Gasteiger partial charge >= 0.3 is 0 Å². The van der Waals surface area contributed by atoms with Gasteiger partial charge in [0.25, 0.3) is 5.91 Å². The van der Waals surface area contributed by atoms with Crippen LogP contribution in [0.1, 0.15) is 22.9 Å². The molecule has 9 heteroatoms. The van der Waals surface area contributed by atoms with Crippen LogP contribution in [0.2, 0.25) is 0 Å². The van der Waals surface area contributed by atoms with Crippen molar-refractivity contribution >= 4 is 34.1 Å². The Bertz CT molecular complexity index is 1480. The van der Waals surface area contributed by atoms with Crippen molar-refractivity contribution in [2.24, 2.45) is 11.5 Å². The standard InChI is InChI=1S/C27H26N6O2S/c1-5-17(15-36-6-2)14-35-23-9-7-8-21(31-23)22-12-18(25(28)26(27(29)34)33(22)4)24-16(3)10-11-20-19(24)13-30-32-20/h1,6-13,15,22H,2,14,28H2,3-4H3,(H2,29,34)(H,30,32)/b17-15+. The Kier molecular flexibility index (Phi) is 7.17. The maximum Gasteiger partial charge on any atom is 0.267 e. The van der Waals surface area contributed by atoms with Crippen molar-refractivity contribution in [2.75, 3.05) is 13.7 Å². The maximum absolute atomic E-state index is 12.5. The number of thioether (sulfide) groups is 1. The van der Waals surface area contributed by atoms with Gasteiger partial charge in [0.05, 0.1) is 29.1 Å². The largest absolute Gasteiger partial charge is 0.472 e. The Labute approximate surface area is 213 Å². The number of likely N-dealkylation sites (N-methyl/N-ethyl adjacent to an activating group) is 1. The van der Waals surface area contributed by atoms with E-state index >= 15 is 0 Å². The first-order valence-electron chi connectivity index (χ1n) is 11.0. The van der Waals surface area contributed by atoms with E-state index in [0.717, 1.165) is 22.0 Å². The van der Waals surface area contributed by atoms with E-state index in [4.69, 9.17) is 22.6 Å². The topological polar surface area (TPSA) is 123 Å². The zero-order valence-electron chi connectivity index (χ0n) is 20.0. The third kappa shape index (κ3) is 4.72. The molecule has 2 aromatic heterocycles. The Hall–Kier alpha value is -4.42. The van der Waals surface area contributed by atoms with Crippen LogP contribution in [0.25, 0.3) is 16.5 Å². The number of H-pyrrole nitrogens is 1. The summed E-state index contributed by atoms with van der Waals surface area (Å²) in [6, 6.07) is 8.96. The third-order valence-corrected chi connectivity index (χ3v) is 6.50. The van der Waals surface area contributed by atoms with Crippen LogP contribution in [0.4, 0.5) is 0 Å². The van der Waals surface area contributed by atoms with Gasteiger partial charge in [-0.3, -0.25) is 9.89 Å². The summed E-state index contributed by atoms with van der Waals surface area (Å²) in [6.45, 7) is 5.84. The number of ether oxygens (including phenoxy) is 1. The average Bonchev–Trinajstić information content (AvgIpc) is 3.34. The lowest BCUT2D eigenvalue weighted by Crippen LogP contribution is -2.37. The van der Waals surface area contributed by atoms with Gasteiger partial charge in [0, 0.05) is 29.6 Å². The number of terminal acetylenes is 1. The predicted molar refractivity (Wildman–Crippen MR) is 144 cm³/mol. The lowest BCUT2D eigenvalue weighted by Gasteiger charge is -2.34. The fourth-order valence-electron chi connectivity index (χ4n) is 4.18. The number of rotatable bonds is 8. The number of aromatic nitrogens is 3. The first kappa shape index (κ1) is 24.7. The normalized spacial score (nSPS) is 16.0. The second-order valence-corrected chi connectivity index (χ2v) is 8.97. The van der Waals surface area contributed by atoms with E-state index in [0.29, 0.717) is 28.4 Å². The molecule has 1 aliphatic heterocycles. The highest BCUT2D eigenvalue weighted by atomic mass is 32.2. The number of primary amides is 1. The molecule has 1 amide bonds. The summed E-state index contributed by atoms with van der Waals surface area (Å²) < 4.78 is 5.85. The van der Waals surface area contributed by atoms with Crippen LogP contribution in [-0.4, -0.2) is 39.6 Å². The van der Waals surface area contributed by atoms with Crippen LogP contribution in [0, 0.1) is 19.3 Å². The number of carbonyl (C=O) groups is 1. The Morgan fingerprint density at radius 1 is 1.39 bits per heavy atom. The number of nitrogens with zero attached hydrogens (tertiary/aromatic N) is 3. The first-order chi connectivity index (χ1) is 17.3. The molecular formula is C27H26N6O2S. The van der Waals surface area contributed by atoms with Crippen molar-refractivity contribution in [3.05, 3.63) is 93.8 Å². The van der Waals surface area contributed by atoms with Gasteiger partial charge in [-0.15, -0.1) is 18.2 Å². The molecule has 0 saturated carbocycles. The molecule has 3 heterocycles. The van der Waals surface area contributed by atoms with Crippen molar-refractivity contribution in [1.82, 2.24) is 20.1 Å². The number of carbonyl (C=O) groups excluding carboxylic acids is 1. The van der Waals surface area contributed by atoms with Gasteiger partial charge in [-0.1, -0.05) is 24.6 Å². The molecule has 0 spiro atoms. The van der Waals surface area contributed by atoms with Gasteiger partial charge < -0.3 is 21.1 Å². The van der Waals surface area contributed by atoms with Gasteiger partial charge in [0.1, 0.15) is 12.3 Å². The molecule has 4 rings (SSSR count). The monoisotopic (exact) mass is 498 g/mol. The van der Waals surface area contributed by atoms with Crippen molar-refractivity contribution in [3.63, 3.8) is 0 Å². The second kappa shape index (κ2) is 10.5. The molecule has 1 atom stereocenters. The molecule has 5 N–H and O–H groups in total. The quantitative estimate of drug-likeness (QED) is 0.404. The summed E-state index contributed by atoms with van der Waals surface area (Å²) in [5.41, 5.74) is 17.6. The van der Waals surface area contributed by atoms with Gasteiger partial charge in [0.2, 0.25) is 5.88 Å². The molecule has 0 bridgehead atoms. The lowest BCUT2D eigenvalue weighted by atomic mass is 9.89. The van der Waals surface area contributed by atoms with Crippen LogP contribution in [0.5, 0.6) is 5.88 Å². The molecule has 0 radical (unpaired) electrons. The molecule has 36 heavy (non-hydrogen) atoms. The van der Waals surface area contributed by atoms with E-state index in [1.807, 2.05) is 37.3 Å². The number of hydrogen-bond acceptors (Lipinski definition) is 7. The predicted octanol–water partition coefficient (Wildman–Crippen LogP) is 3.76. The molecule has 8 nitrogen and oxygen atoms in total. The zero-order valence-corrected chi connectivity index (χ0v) is 20.8. The van der Waals surface area contributed by atoms with Crippen LogP contribution in [0.15, 0.2) is 77.0 Å². The SMILES string of the molecule is C#C/C(=C\SC=C)COc1cccc(C2C=C(c3c(C)ccc4[nH]ncc34)C(N)=C(C(N)=O)N2C)n1. The van der Waals surface area contributed by atoms with Crippen molar-refractivity contribution < 1.29 is 9.53 Å². The average molecular weight is 499 g/mol. The molecule has 1 unspecified atom stereocenters. The Morgan fingerprint density at radius 2 is 2.19 bits per heavy atom. The van der Waals surface area contributed by atoms with Crippen LogP contribution >= 0.6 is 11.8 Å². The van der Waals surface area contributed by atoms with E-state index in [-0.39, 0.29) is 12.3 Å². The summed E-state index contributed by atoms with van der Waals surface area (Å²) in [7, 11) is 1.76. The molecule has 0 aliphatic carbocycles. The highest BCUT2D eigenvalue weighted by Crippen LogP contribution is 2.39. The number of aromatic amines is 1. The highest BCUT2D eigenvalue weighted by Gasteiger charge is 2.32. The van der Waals surface area contributed by atoms with Crippen molar-refractivity contribution in [1.29, 1.82) is 0 Å². The van der Waals surface area contributed by atoms with Gasteiger partial charge in [-0.25, -0.2) is 4.98 Å². The minimum atomic E-state index is -0.626. The van der Waals surface area contributed by atoms with E-state index in [2.05, 4.69) is 27.7 Å². The summed E-state index contributed by atoms with van der Waals surface area (Å²) >= 11 is 1.38. The minimum absolute atomic E-state index is 0.191. The van der Waals surface area contributed by atoms with E-state index in [1.165, 1.54) is 11.8 Å². The number of aryl methyl sites for hydroxylation is 1. The second-order valence-electron chi connectivity index (χ2n) is 8.13. The Morgan fingerprint density at radius 3 is 2.92 bits per heavy atom. The third-order valence-electron chi connectivity index (χ3n) is 5.89. The highest BCUT2D eigenvalue weighted by molar-refractivity contribution is 8.04. The van der Waals surface area contributed by atoms with Gasteiger partial charge in [0.15, 0.2) is 0 Å². The summed E-state index contributed by atoms with van der Waals surface area (Å²) in [5.74, 6) is 2.37. The van der Waals surface area contributed by atoms with Crippen LogP contribution < -0.4 is 16.2 Å². The maximum atomic E-state index is 12.5. The molecule has 1 aromatic carbocycles. The first-order valence-corrected chi connectivity index (χ1v) is 12.0. The number of hydrogen-bond donors (Lipinski definition) is 3. The molecular weight excluding hydrogens is 472 g/mol. The molecule has 182 valence electrons. The zero-order chi connectivity index (χ0) is 25.8. The lowest BCUT2D eigenvalue weighted by molar-refractivity contribution is -0.116. The van der Waals surface area contributed by atoms with Gasteiger partial charge in [-0.2, -0.15) is 5.10 Å². The van der Waals surface area contributed by atoms with Crippen LogP contribution in [0.3, 0.4) is 0 Å². The number of allylic oxidation sites excluding steroid dienone is 1. The molecule has 0 fully saturated rings. The number of nitrogens with two attached hydrogens (primary N) is 2. The van der Waals surface area contributed by atoms with E-state index < -0.39 is 11.9 Å². The Balaban J connectivity index is 1.77.